The van der Waals surface area contributed by atoms with E-state index in [1.807, 2.05) is 18.2 Å². The van der Waals surface area contributed by atoms with E-state index < -0.39 is 0 Å². The van der Waals surface area contributed by atoms with E-state index in [9.17, 15) is 4.79 Å². The Morgan fingerprint density at radius 2 is 2.44 bits per heavy atom. The van der Waals surface area contributed by atoms with Crippen LogP contribution < -0.4 is 5.32 Å². The Morgan fingerprint density at radius 1 is 1.56 bits per heavy atom. The van der Waals surface area contributed by atoms with Crippen LogP contribution in [0.3, 0.4) is 0 Å². The average Bonchev–Trinajstić information content (AvgIpc) is 2.45. The van der Waals surface area contributed by atoms with Gasteiger partial charge in [-0.15, -0.1) is 0 Å². The molecular formula is C13H16N2O2S. The smallest absolute Gasteiger partial charge is 0.337 e. The molecule has 2 rings (SSSR count). The Bertz CT molecular complexity index is 460. The summed E-state index contributed by atoms with van der Waals surface area (Å²) in [4.78, 5) is 15.8. The molecule has 96 valence electrons. The molecular weight excluding hydrogens is 248 g/mol. The van der Waals surface area contributed by atoms with Gasteiger partial charge in [0.1, 0.15) is 0 Å². The number of rotatable bonds is 3. The van der Waals surface area contributed by atoms with Gasteiger partial charge in [-0.2, -0.15) is 0 Å². The molecule has 0 radical (unpaired) electrons. The van der Waals surface area contributed by atoms with Gasteiger partial charge in [-0.25, -0.2) is 4.79 Å². The summed E-state index contributed by atoms with van der Waals surface area (Å²) in [6.07, 6.45) is 1.10. The molecule has 0 saturated carbocycles. The fourth-order valence-electron chi connectivity index (χ4n) is 1.67. The van der Waals surface area contributed by atoms with Crippen molar-refractivity contribution in [2.45, 2.75) is 12.2 Å². The molecule has 1 aliphatic heterocycles. The van der Waals surface area contributed by atoms with Crippen molar-refractivity contribution in [3.63, 3.8) is 0 Å². The summed E-state index contributed by atoms with van der Waals surface area (Å²) >= 11 is 1.67. The lowest BCUT2D eigenvalue weighted by Crippen LogP contribution is -2.26. The van der Waals surface area contributed by atoms with Gasteiger partial charge in [0.25, 0.3) is 0 Å². The lowest BCUT2D eigenvalue weighted by molar-refractivity contribution is 0.0600. The van der Waals surface area contributed by atoms with Gasteiger partial charge in [0.2, 0.25) is 0 Å². The Morgan fingerprint density at radius 3 is 3.17 bits per heavy atom. The summed E-state index contributed by atoms with van der Waals surface area (Å²) in [7, 11) is 1.39. The molecule has 0 fully saturated rings. The number of amidine groups is 1. The minimum absolute atomic E-state index is 0.296. The summed E-state index contributed by atoms with van der Waals surface area (Å²) < 4.78 is 4.70. The second-order valence-corrected chi connectivity index (χ2v) is 4.91. The van der Waals surface area contributed by atoms with E-state index in [1.165, 1.54) is 7.11 Å². The summed E-state index contributed by atoms with van der Waals surface area (Å²) in [5.74, 6) is 0.506. The van der Waals surface area contributed by atoms with E-state index >= 15 is 0 Å². The predicted molar refractivity (Wildman–Crippen MR) is 74.0 cm³/mol. The molecule has 1 aromatic carbocycles. The van der Waals surface area contributed by atoms with Crippen molar-refractivity contribution in [1.29, 1.82) is 0 Å². The minimum Gasteiger partial charge on any atom is -0.465 e. The zero-order chi connectivity index (χ0) is 12.8. The van der Waals surface area contributed by atoms with Gasteiger partial charge in [0.05, 0.1) is 12.7 Å². The first-order chi connectivity index (χ1) is 8.79. The minimum atomic E-state index is -0.296. The van der Waals surface area contributed by atoms with Crippen LogP contribution in [0.5, 0.6) is 0 Å². The maximum absolute atomic E-state index is 11.4. The SMILES string of the molecule is COC(=O)c1cccc(CSC2=NCCCN2)c1. The standard InChI is InChI=1S/C13H16N2O2S/c1-17-12(16)11-5-2-4-10(8-11)9-18-13-14-6-3-7-15-13/h2,4-5,8H,3,6-7,9H2,1H3,(H,14,15). The lowest BCUT2D eigenvalue weighted by atomic mass is 10.1. The summed E-state index contributed by atoms with van der Waals surface area (Å²) in [6, 6.07) is 7.50. The maximum Gasteiger partial charge on any atom is 0.337 e. The molecule has 1 N–H and O–H groups in total. The summed E-state index contributed by atoms with van der Waals surface area (Å²) in [6.45, 7) is 1.89. The van der Waals surface area contributed by atoms with Crippen LogP contribution in [0.25, 0.3) is 0 Å². The third-order valence-electron chi connectivity index (χ3n) is 2.59. The van der Waals surface area contributed by atoms with Crippen LogP contribution in [0.2, 0.25) is 0 Å². The third kappa shape index (κ3) is 3.50. The fourth-order valence-corrected chi connectivity index (χ4v) is 2.53. The molecule has 0 amide bonds. The van der Waals surface area contributed by atoms with Crippen LogP contribution in [0.4, 0.5) is 0 Å². The molecule has 1 aromatic rings. The van der Waals surface area contributed by atoms with Gasteiger partial charge in [-0.1, -0.05) is 23.9 Å². The molecule has 0 aliphatic carbocycles. The van der Waals surface area contributed by atoms with Crippen LogP contribution in [0, 0.1) is 0 Å². The normalized spacial score (nSPS) is 14.6. The van der Waals surface area contributed by atoms with E-state index in [1.54, 1.807) is 17.8 Å². The van der Waals surface area contributed by atoms with Crippen LogP contribution >= 0.6 is 11.8 Å². The molecule has 0 spiro atoms. The van der Waals surface area contributed by atoms with Crippen molar-refractivity contribution in [1.82, 2.24) is 5.32 Å². The van der Waals surface area contributed by atoms with Crippen molar-refractivity contribution >= 4 is 22.9 Å². The number of nitrogens with one attached hydrogen (secondary N) is 1. The Labute approximate surface area is 111 Å². The zero-order valence-electron chi connectivity index (χ0n) is 10.3. The average molecular weight is 264 g/mol. The fraction of sp³-hybridized carbons (Fsp3) is 0.385. The number of methoxy groups -OCH3 is 1. The third-order valence-corrected chi connectivity index (χ3v) is 3.61. The highest BCUT2D eigenvalue weighted by Gasteiger charge is 2.08. The Kier molecular flexibility index (Phi) is 4.64. The van der Waals surface area contributed by atoms with Gasteiger partial charge >= 0.3 is 5.97 Å². The highest BCUT2D eigenvalue weighted by Crippen LogP contribution is 2.16. The number of nitrogens with zero attached hydrogens (tertiary/aromatic N) is 1. The first-order valence-corrected chi connectivity index (χ1v) is 6.86. The largest absolute Gasteiger partial charge is 0.465 e. The van der Waals surface area contributed by atoms with Crippen molar-refractivity contribution in [2.24, 2.45) is 4.99 Å². The number of hydrogen-bond acceptors (Lipinski definition) is 5. The number of carbonyl (C=O) groups is 1. The quantitative estimate of drug-likeness (QED) is 0.849. The van der Waals surface area contributed by atoms with Gasteiger partial charge in [-0.3, -0.25) is 4.99 Å². The van der Waals surface area contributed by atoms with Crippen molar-refractivity contribution in [2.75, 3.05) is 20.2 Å². The van der Waals surface area contributed by atoms with E-state index in [4.69, 9.17) is 4.74 Å². The molecule has 1 heterocycles. The predicted octanol–water partition coefficient (Wildman–Crippen LogP) is 2.06. The topological polar surface area (TPSA) is 50.7 Å². The Hall–Kier alpha value is -1.49. The van der Waals surface area contributed by atoms with Crippen LogP contribution in [-0.4, -0.2) is 31.3 Å². The first kappa shape index (κ1) is 13.0. The van der Waals surface area contributed by atoms with Gasteiger partial charge in [-0.05, 0) is 24.1 Å². The van der Waals surface area contributed by atoms with E-state index in [2.05, 4.69) is 10.3 Å². The molecule has 0 saturated heterocycles. The number of thioether (sulfide) groups is 1. The van der Waals surface area contributed by atoms with Crippen LogP contribution in [-0.2, 0) is 10.5 Å². The number of esters is 1. The van der Waals surface area contributed by atoms with Crippen LogP contribution in [0.1, 0.15) is 22.3 Å². The molecule has 5 heteroatoms. The van der Waals surface area contributed by atoms with Crippen molar-refractivity contribution in [3.05, 3.63) is 35.4 Å². The molecule has 4 nitrogen and oxygen atoms in total. The lowest BCUT2D eigenvalue weighted by Gasteiger charge is -2.13. The summed E-state index contributed by atoms with van der Waals surface area (Å²) in [5.41, 5.74) is 1.69. The van der Waals surface area contributed by atoms with Crippen molar-refractivity contribution in [3.8, 4) is 0 Å². The van der Waals surface area contributed by atoms with Gasteiger partial charge in [0, 0.05) is 18.8 Å². The van der Waals surface area contributed by atoms with Crippen LogP contribution in [0.15, 0.2) is 29.3 Å². The molecule has 1 aliphatic rings. The highest BCUT2D eigenvalue weighted by atomic mass is 32.2. The van der Waals surface area contributed by atoms with Gasteiger partial charge < -0.3 is 10.1 Å². The maximum atomic E-state index is 11.4. The summed E-state index contributed by atoms with van der Waals surface area (Å²) in [5, 5.41) is 4.25. The highest BCUT2D eigenvalue weighted by molar-refractivity contribution is 8.13. The number of carbonyl (C=O) groups excluding carboxylic acids is 1. The zero-order valence-corrected chi connectivity index (χ0v) is 11.1. The van der Waals surface area contributed by atoms with Crippen molar-refractivity contribution < 1.29 is 9.53 Å². The number of ether oxygens (including phenoxy) is 1. The molecule has 0 bridgehead atoms. The Balaban J connectivity index is 1.96. The van der Waals surface area contributed by atoms with E-state index in [-0.39, 0.29) is 5.97 Å². The number of hydrogen-bond donors (Lipinski definition) is 1. The monoisotopic (exact) mass is 264 g/mol. The molecule has 0 atom stereocenters. The second-order valence-electron chi connectivity index (χ2n) is 3.95. The second kappa shape index (κ2) is 6.44. The first-order valence-electron chi connectivity index (χ1n) is 5.88. The molecule has 0 unspecified atom stereocenters. The van der Waals surface area contributed by atoms with Gasteiger partial charge in [0.15, 0.2) is 5.17 Å². The molecule has 0 aromatic heterocycles. The van der Waals surface area contributed by atoms with E-state index in [0.29, 0.717) is 5.56 Å². The molecule has 18 heavy (non-hydrogen) atoms. The van der Waals surface area contributed by atoms with E-state index in [0.717, 1.165) is 36.0 Å². The number of benzene rings is 1. The number of aliphatic imine (C=N–C) groups is 1.